The number of nitriles is 1. The molecule has 0 spiro atoms. The molecule has 180 valence electrons. The number of aryl methyl sites for hydroxylation is 1. The molecule has 0 aliphatic carbocycles. The monoisotopic (exact) mass is 511 g/mol. The standard InChI is InChI=1S/C25H22ClN3O5S/c1-3-23(35(33,34)19-6-4-5-15(2)11-19)25(32)28-18-9-10-21(22(30)13-18)29-24(31)16-7-8-17(14-27)20(26)12-16/h4-13,23,30H,3H2,1-2H3,(H,28,32)(H,29,31). The number of carbonyl (C=O) groups is 2. The number of phenolic OH excluding ortho intramolecular Hbond substituents is 1. The van der Waals surface area contributed by atoms with Crippen molar-refractivity contribution in [1.82, 2.24) is 0 Å². The Labute approximate surface area is 208 Å². The Hall–Kier alpha value is -3.87. The second kappa shape index (κ2) is 10.6. The fourth-order valence-corrected chi connectivity index (χ4v) is 5.33. The first-order chi connectivity index (χ1) is 16.6. The average molecular weight is 512 g/mol. The van der Waals surface area contributed by atoms with Crippen LogP contribution >= 0.6 is 11.6 Å². The Morgan fingerprint density at radius 3 is 2.43 bits per heavy atom. The van der Waals surface area contributed by atoms with Crippen LogP contribution in [-0.4, -0.2) is 30.6 Å². The number of nitrogens with zero attached hydrogens (tertiary/aromatic N) is 1. The largest absolute Gasteiger partial charge is 0.506 e. The van der Waals surface area contributed by atoms with Crippen molar-refractivity contribution < 1.29 is 23.1 Å². The normalized spacial score (nSPS) is 11.8. The molecule has 3 rings (SSSR count). The first-order valence-electron chi connectivity index (χ1n) is 10.5. The lowest BCUT2D eigenvalue weighted by atomic mass is 10.1. The van der Waals surface area contributed by atoms with E-state index in [1.165, 1.54) is 48.5 Å². The fourth-order valence-electron chi connectivity index (χ4n) is 3.38. The highest BCUT2D eigenvalue weighted by Gasteiger charge is 2.32. The maximum absolute atomic E-state index is 13.0. The first kappa shape index (κ1) is 25.7. The lowest BCUT2D eigenvalue weighted by Gasteiger charge is -2.17. The molecule has 0 aliphatic heterocycles. The minimum absolute atomic E-state index is 0.0510. The molecule has 3 aromatic rings. The second-order valence-corrected chi connectivity index (χ2v) is 10.3. The number of hydrogen-bond acceptors (Lipinski definition) is 6. The lowest BCUT2D eigenvalue weighted by Crippen LogP contribution is -2.34. The van der Waals surface area contributed by atoms with Crippen LogP contribution in [0.3, 0.4) is 0 Å². The average Bonchev–Trinajstić information content (AvgIpc) is 2.81. The topological polar surface area (TPSA) is 136 Å². The minimum Gasteiger partial charge on any atom is -0.506 e. The molecule has 8 nitrogen and oxygen atoms in total. The van der Waals surface area contributed by atoms with E-state index in [9.17, 15) is 23.1 Å². The van der Waals surface area contributed by atoms with E-state index in [-0.39, 0.29) is 44.6 Å². The second-order valence-electron chi connectivity index (χ2n) is 7.74. The Kier molecular flexibility index (Phi) is 7.79. The number of aromatic hydroxyl groups is 1. The summed E-state index contributed by atoms with van der Waals surface area (Å²) in [6.45, 7) is 3.36. The summed E-state index contributed by atoms with van der Waals surface area (Å²) < 4.78 is 26.0. The summed E-state index contributed by atoms with van der Waals surface area (Å²) in [6, 6.07) is 16.4. The third-order valence-electron chi connectivity index (χ3n) is 5.22. The Balaban J connectivity index is 1.75. The molecule has 2 amide bonds. The van der Waals surface area contributed by atoms with Crippen molar-refractivity contribution >= 4 is 44.6 Å². The van der Waals surface area contributed by atoms with Crippen molar-refractivity contribution in [2.24, 2.45) is 0 Å². The van der Waals surface area contributed by atoms with Gasteiger partial charge in [-0.2, -0.15) is 5.26 Å². The van der Waals surface area contributed by atoms with Crippen LogP contribution < -0.4 is 10.6 Å². The summed E-state index contributed by atoms with van der Waals surface area (Å²) in [5.41, 5.74) is 1.38. The van der Waals surface area contributed by atoms with Gasteiger partial charge in [-0.1, -0.05) is 30.7 Å². The number of phenols is 1. The summed E-state index contributed by atoms with van der Waals surface area (Å²) in [5.74, 6) is -1.65. The van der Waals surface area contributed by atoms with Crippen molar-refractivity contribution in [3.63, 3.8) is 0 Å². The molecule has 1 atom stereocenters. The van der Waals surface area contributed by atoms with Crippen LogP contribution in [0, 0.1) is 18.3 Å². The molecule has 0 fully saturated rings. The molecule has 3 N–H and O–H groups in total. The molecule has 3 aromatic carbocycles. The number of sulfone groups is 1. The maximum Gasteiger partial charge on any atom is 0.255 e. The highest BCUT2D eigenvalue weighted by Crippen LogP contribution is 2.29. The van der Waals surface area contributed by atoms with Gasteiger partial charge in [0.25, 0.3) is 5.91 Å². The number of amides is 2. The van der Waals surface area contributed by atoms with Crippen LogP contribution in [0.4, 0.5) is 11.4 Å². The summed E-state index contributed by atoms with van der Waals surface area (Å²) >= 11 is 5.96. The van der Waals surface area contributed by atoms with E-state index in [1.54, 1.807) is 26.0 Å². The van der Waals surface area contributed by atoms with Gasteiger partial charge in [0.15, 0.2) is 9.84 Å². The van der Waals surface area contributed by atoms with E-state index in [0.717, 1.165) is 5.56 Å². The Morgan fingerprint density at radius 2 is 1.83 bits per heavy atom. The fraction of sp³-hybridized carbons (Fsp3) is 0.160. The van der Waals surface area contributed by atoms with Gasteiger partial charge in [-0.3, -0.25) is 9.59 Å². The number of benzene rings is 3. The van der Waals surface area contributed by atoms with Crippen LogP contribution in [0.2, 0.25) is 5.02 Å². The van der Waals surface area contributed by atoms with Crippen LogP contribution in [0.15, 0.2) is 65.6 Å². The maximum atomic E-state index is 13.0. The van der Waals surface area contributed by atoms with Gasteiger partial charge in [-0.15, -0.1) is 0 Å². The number of nitrogens with one attached hydrogen (secondary N) is 2. The van der Waals surface area contributed by atoms with Gasteiger partial charge in [0.1, 0.15) is 17.1 Å². The van der Waals surface area contributed by atoms with Crippen molar-refractivity contribution in [3.8, 4) is 11.8 Å². The van der Waals surface area contributed by atoms with E-state index in [1.807, 2.05) is 6.07 Å². The zero-order valence-electron chi connectivity index (χ0n) is 18.9. The molecule has 0 saturated carbocycles. The van der Waals surface area contributed by atoms with Crippen molar-refractivity contribution in [2.75, 3.05) is 10.6 Å². The molecule has 0 radical (unpaired) electrons. The summed E-state index contributed by atoms with van der Waals surface area (Å²) in [6.07, 6.45) is 0.0510. The van der Waals surface area contributed by atoms with Gasteiger partial charge >= 0.3 is 0 Å². The zero-order chi connectivity index (χ0) is 25.8. The lowest BCUT2D eigenvalue weighted by molar-refractivity contribution is -0.115. The van der Waals surface area contributed by atoms with Crippen molar-refractivity contribution in [2.45, 2.75) is 30.4 Å². The molecule has 35 heavy (non-hydrogen) atoms. The molecular weight excluding hydrogens is 490 g/mol. The van der Waals surface area contributed by atoms with E-state index in [2.05, 4.69) is 10.6 Å². The quantitative estimate of drug-likeness (QED) is 0.394. The van der Waals surface area contributed by atoms with Gasteiger partial charge in [0.05, 0.1) is 21.2 Å². The molecule has 0 aliphatic rings. The first-order valence-corrected chi connectivity index (χ1v) is 12.4. The number of hydrogen-bond donors (Lipinski definition) is 3. The number of carbonyl (C=O) groups excluding carboxylic acids is 2. The smallest absolute Gasteiger partial charge is 0.255 e. The van der Waals surface area contributed by atoms with Gasteiger partial charge in [0.2, 0.25) is 5.91 Å². The summed E-state index contributed by atoms with van der Waals surface area (Å²) in [4.78, 5) is 25.4. The van der Waals surface area contributed by atoms with Crippen LogP contribution in [0.1, 0.15) is 34.8 Å². The summed E-state index contributed by atoms with van der Waals surface area (Å²) in [7, 11) is -3.93. The summed E-state index contributed by atoms with van der Waals surface area (Å²) in [5, 5.41) is 23.1. The van der Waals surface area contributed by atoms with Gasteiger partial charge in [-0.25, -0.2) is 8.42 Å². The molecular formula is C25H22ClN3O5S. The van der Waals surface area contributed by atoms with Gasteiger partial charge in [0, 0.05) is 17.3 Å². The molecule has 10 heteroatoms. The minimum atomic E-state index is -3.93. The van der Waals surface area contributed by atoms with Gasteiger partial charge < -0.3 is 15.7 Å². The third kappa shape index (κ3) is 5.80. The van der Waals surface area contributed by atoms with Crippen LogP contribution in [0.5, 0.6) is 5.75 Å². The number of halogens is 1. The number of anilines is 2. The molecule has 0 bridgehead atoms. The molecule has 1 unspecified atom stereocenters. The number of rotatable bonds is 7. The zero-order valence-corrected chi connectivity index (χ0v) is 20.4. The SMILES string of the molecule is CCC(C(=O)Nc1ccc(NC(=O)c2ccc(C#N)c(Cl)c2)c(O)c1)S(=O)(=O)c1cccc(C)c1. The highest BCUT2D eigenvalue weighted by atomic mass is 35.5. The van der Waals surface area contributed by atoms with E-state index in [4.69, 9.17) is 16.9 Å². The highest BCUT2D eigenvalue weighted by molar-refractivity contribution is 7.92. The third-order valence-corrected chi connectivity index (χ3v) is 7.74. The predicted molar refractivity (Wildman–Crippen MR) is 133 cm³/mol. The van der Waals surface area contributed by atoms with E-state index >= 15 is 0 Å². The predicted octanol–water partition coefficient (Wildman–Crippen LogP) is 4.67. The Bertz CT molecular complexity index is 1450. The van der Waals surface area contributed by atoms with E-state index < -0.39 is 26.9 Å². The van der Waals surface area contributed by atoms with Crippen LogP contribution in [0.25, 0.3) is 0 Å². The molecule has 0 saturated heterocycles. The van der Waals surface area contributed by atoms with Crippen molar-refractivity contribution in [3.05, 3.63) is 82.4 Å². The Morgan fingerprint density at radius 1 is 1.09 bits per heavy atom. The van der Waals surface area contributed by atoms with Crippen LogP contribution in [-0.2, 0) is 14.6 Å². The van der Waals surface area contributed by atoms with Crippen molar-refractivity contribution in [1.29, 1.82) is 5.26 Å². The molecule has 0 aromatic heterocycles. The van der Waals surface area contributed by atoms with E-state index in [0.29, 0.717) is 0 Å². The molecule has 0 heterocycles. The van der Waals surface area contributed by atoms with Gasteiger partial charge in [-0.05, 0) is 61.4 Å².